The minimum Gasteiger partial charge on any atom is -0.351 e. The van der Waals surface area contributed by atoms with Crippen molar-refractivity contribution in [3.63, 3.8) is 0 Å². The molecule has 4 heteroatoms. The van der Waals surface area contributed by atoms with Crippen LogP contribution in [0.15, 0.2) is 24.5 Å². The van der Waals surface area contributed by atoms with Crippen molar-refractivity contribution in [1.82, 2.24) is 14.4 Å². The van der Waals surface area contributed by atoms with E-state index in [-0.39, 0.29) is 5.92 Å². The number of aromatic nitrogens is 1. The van der Waals surface area contributed by atoms with Crippen LogP contribution < -0.4 is 0 Å². The third-order valence-electron chi connectivity index (χ3n) is 6.94. The largest absolute Gasteiger partial charge is 0.351 e. The van der Waals surface area contributed by atoms with Crippen molar-refractivity contribution in [3.8, 4) is 0 Å². The average Bonchev–Trinajstić information content (AvgIpc) is 3.41. The Morgan fingerprint density at radius 2 is 1.60 bits per heavy atom. The maximum atomic E-state index is 13.3. The topological polar surface area (TPSA) is 28.5 Å². The minimum atomic E-state index is 0.267. The first-order chi connectivity index (χ1) is 12.3. The van der Waals surface area contributed by atoms with Gasteiger partial charge in [-0.1, -0.05) is 6.92 Å². The van der Waals surface area contributed by atoms with E-state index in [1.54, 1.807) is 0 Å². The summed E-state index contributed by atoms with van der Waals surface area (Å²) in [6, 6.07) is 5.91. The van der Waals surface area contributed by atoms with Crippen LogP contribution in [-0.4, -0.2) is 52.0 Å². The summed E-state index contributed by atoms with van der Waals surface area (Å²) in [5, 5.41) is 0. The molecule has 0 radical (unpaired) electrons. The summed E-state index contributed by atoms with van der Waals surface area (Å²) in [6.45, 7) is 5.61. The van der Waals surface area contributed by atoms with Gasteiger partial charge >= 0.3 is 0 Å². The standard InChI is InChI=1S/C21H33N3O/c1-2-22-15-5-7-19(22)20-8-6-16-24(20)21(25)17-9-11-18(12-10-17)23-13-3-4-14-23/h3-4,13-14,17-20H,2,5-12,15-16H2,1H3. The number of hydrogen-bond donors (Lipinski definition) is 0. The molecule has 1 aromatic rings. The second-order valence-electron chi connectivity index (χ2n) is 8.22. The number of amides is 1. The number of likely N-dealkylation sites (tertiary alicyclic amines) is 2. The molecule has 0 bridgehead atoms. The molecule has 0 N–H and O–H groups in total. The van der Waals surface area contributed by atoms with Gasteiger partial charge in [0.1, 0.15) is 0 Å². The predicted octanol–water partition coefficient (Wildman–Crippen LogP) is 3.69. The molecule has 1 saturated carbocycles. The summed E-state index contributed by atoms with van der Waals surface area (Å²) in [5.41, 5.74) is 0. The highest BCUT2D eigenvalue weighted by atomic mass is 16.2. The van der Waals surface area contributed by atoms with Gasteiger partial charge in [0.05, 0.1) is 0 Å². The fourth-order valence-corrected chi connectivity index (χ4v) is 5.59. The first-order valence-corrected chi connectivity index (χ1v) is 10.4. The highest BCUT2D eigenvalue weighted by molar-refractivity contribution is 5.79. The molecule has 0 aromatic carbocycles. The van der Waals surface area contributed by atoms with Gasteiger partial charge in [0.25, 0.3) is 0 Å². The normalized spacial score (nSPS) is 33.9. The summed E-state index contributed by atoms with van der Waals surface area (Å²) in [6.07, 6.45) is 13.8. The van der Waals surface area contributed by atoms with Gasteiger partial charge in [-0.2, -0.15) is 0 Å². The lowest BCUT2D eigenvalue weighted by Gasteiger charge is -2.37. The third-order valence-corrected chi connectivity index (χ3v) is 6.94. The van der Waals surface area contributed by atoms with Crippen LogP contribution in [0.2, 0.25) is 0 Å². The van der Waals surface area contributed by atoms with E-state index in [0.29, 0.717) is 24.0 Å². The van der Waals surface area contributed by atoms with Crippen LogP contribution in [0.1, 0.15) is 64.3 Å². The molecule has 1 aliphatic carbocycles. The average molecular weight is 344 g/mol. The second kappa shape index (κ2) is 7.53. The van der Waals surface area contributed by atoms with E-state index in [4.69, 9.17) is 0 Å². The third kappa shape index (κ3) is 3.38. The maximum Gasteiger partial charge on any atom is 0.225 e. The molecule has 4 nitrogen and oxygen atoms in total. The molecule has 2 saturated heterocycles. The molecule has 25 heavy (non-hydrogen) atoms. The fourth-order valence-electron chi connectivity index (χ4n) is 5.59. The lowest BCUT2D eigenvalue weighted by molar-refractivity contribution is -0.138. The monoisotopic (exact) mass is 343 g/mol. The Morgan fingerprint density at radius 3 is 2.32 bits per heavy atom. The summed E-state index contributed by atoms with van der Waals surface area (Å²) >= 11 is 0. The number of rotatable bonds is 4. The maximum absolute atomic E-state index is 13.3. The SMILES string of the molecule is CCN1CCCC1C1CCCN1C(=O)C1CCC(n2cccc2)CC1. The highest BCUT2D eigenvalue weighted by Crippen LogP contribution is 2.36. The van der Waals surface area contributed by atoms with Gasteiger partial charge in [-0.05, 0) is 76.6 Å². The van der Waals surface area contributed by atoms with E-state index in [1.807, 2.05) is 0 Å². The molecule has 3 heterocycles. The molecule has 138 valence electrons. The van der Waals surface area contributed by atoms with Crippen LogP contribution >= 0.6 is 0 Å². The Labute approximate surface area is 152 Å². The van der Waals surface area contributed by atoms with E-state index in [9.17, 15) is 4.79 Å². The van der Waals surface area contributed by atoms with Crippen LogP contribution in [0.5, 0.6) is 0 Å². The number of nitrogens with zero attached hydrogens (tertiary/aromatic N) is 3. The number of hydrogen-bond acceptors (Lipinski definition) is 2. The Balaban J connectivity index is 1.37. The van der Waals surface area contributed by atoms with E-state index in [0.717, 1.165) is 38.8 Å². The van der Waals surface area contributed by atoms with Crippen LogP contribution in [0, 0.1) is 5.92 Å². The van der Waals surface area contributed by atoms with Gasteiger partial charge in [-0.15, -0.1) is 0 Å². The van der Waals surface area contributed by atoms with Crippen LogP contribution in [0.3, 0.4) is 0 Å². The summed E-state index contributed by atoms with van der Waals surface area (Å²) in [5.74, 6) is 0.736. The predicted molar refractivity (Wildman–Crippen MR) is 100 cm³/mol. The summed E-state index contributed by atoms with van der Waals surface area (Å²) in [4.78, 5) is 18.2. The van der Waals surface area contributed by atoms with Gasteiger partial charge in [0, 0.05) is 43.0 Å². The Hall–Kier alpha value is -1.29. The Morgan fingerprint density at radius 1 is 0.920 bits per heavy atom. The van der Waals surface area contributed by atoms with Gasteiger partial charge < -0.3 is 9.47 Å². The van der Waals surface area contributed by atoms with Gasteiger partial charge in [0.2, 0.25) is 5.91 Å². The first kappa shape index (κ1) is 17.1. The molecule has 3 fully saturated rings. The fraction of sp³-hybridized carbons (Fsp3) is 0.762. The van der Waals surface area contributed by atoms with Crippen LogP contribution in [0.4, 0.5) is 0 Å². The van der Waals surface area contributed by atoms with E-state index < -0.39 is 0 Å². The smallest absolute Gasteiger partial charge is 0.225 e. The number of carbonyl (C=O) groups is 1. The van der Waals surface area contributed by atoms with Crippen LogP contribution in [-0.2, 0) is 4.79 Å². The van der Waals surface area contributed by atoms with Crippen molar-refractivity contribution in [1.29, 1.82) is 0 Å². The molecule has 2 aliphatic heterocycles. The quantitative estimate of drug-likeness (QED) is 0.834. The molecular formula is C21H33N3O. The Bertz CT molecular complexity index is 562. The zero-order valence-corrected chi connectivity index (χ0v) is 15.6. The molecule has 3 aliphatic rings. The molecule has 2 atom stereocenters. The van der Waals surface area contributed by atoms with Crippen molar-refractivity contribution < 1.29 is 4.79 Å². The number of likely N-dealkylation sites (N-methyl/N-ethyl adjacent to an activating group) is 1. The van der Waals surface area contributed by atoms with Gasteiger partial charge in [-0.3, -0.25) is 9.69 Å². The zero-order chi connectivity index (χ0) is 17.2. The van der Waals surface area contributed by atoms with Crippen molar-refractivity contribution in [3.05, 3.63) is 24.5 Å². The molecule has 4 rings (SSSR count). The second-order valence-corrected chi connectivity index (χ2v) is 8.22. The van der Waals surface area contributed by atoms with Crippen molar-refractivity contribution in [2.24, 2.45) is 5.92 Å². The molecular weight excluding hydrogens is 310 g/mol. The van der Waals surface area contributed by atoms with Gasteiger partial charge in [-0.25, -0.2) is 0 Å². The van der Waals surface area contributed by atoms with E-state index in [1.165, 1.54) is 32.2 Å². The van der Waals surface area contributed by atoms with Crippen LogP contribution in [0.25, 0.3) is 0 Å². The van der Waals surface area contributed by atoms with Crippen molar-refractivity contribution in [2.45, 2.75) is 76.4 Å². The molecule has 0 spiro atoms. The zero-order valence-electron chi connectivity index (χ0n) is 15.6. The van der Waals surface area contributed by atoms with Gasteiger partial charge in [0.15, 0.2) is 0 Å². The summed E-state index contributed by atoms with van der Waals surface area (Å²) in [7, 11) is 0. The first-order valence-electron chi connectivity index (χ1n) is 10.4. The van der Waals surface area contributed by atoms with E-state index >= 15 is 0 Å². The van der Waals surface area contributed by atoms with E-state index in [2.05, 4.69) is 45.8 Å². The highest BCUT2D eigenvalue weighted by Gasteiger charge is 2.41. The number of carbonyl (C=O) groups excluding carboxylic acids is 1. The Kier molecular flexibility index (Phi) is 5.16. The van der Waals surface area contributed by atoms with Crippen molar-refractivity contribution in [2.75, 3.05) is 19.6 Å². The lowest BCUT2D eigenvalue weighted by Crippen LogP contribution is -2.50. The molecule has 1 aromatic heterocycles. The van der Waals surface area contributed by atoms with Crippen molar-refractivity contribution >= 4 is 5.91 Å². The summed E-state index contributed by atoms with van der Waals surface area (Å²) < 4.78 is 2.33. The molecule has 1 amide bonds. The lowest BCUT2D eigenvalue weighted by atomic mass is 9.84. The minimum absolute atomic E-state index is 0.267. The molecule has 2 unspecified atom stereocenters.